The zero-order chi connectivity index (χ0) is 27.4. The summed E-state index contributed by atoms with van der Waals surface area (Å²) in [7, 11) is 1.22. The normalized spacial score (nSPS) is 12.5. The van der Waals surface area contributed by atoms with Gasteiger partial charge in [0.15, 0.2) is 5.69 Å². The SMILES string of the molecule is CN(N=Cc1ccc(OC(F)(F)F)cc1)c1nc(Nc2ccc(OC(F)(F)F)cc2)cc(C(F)(F)F)n1. The van der Waals surface area contributed by atoms with Crippen LogP contribution in [0.1, 0.15) is 11.3 Å². The molecule has 16 heteroatoms. The van der Waals surface area contributed by atoms with E-state index >= 15 is 0 Å². The van der Waals surface area contributed by atoms with Crippen molar-refractivity contribution in [3.05, 3.63) is 65.9 Å². The number of ether oxygens (including phenoxy) is 2. The minimum Gasteiger partial charge on any atom is -0.406 e. The molecule has 1 aromatic heterocycles. The third-order valence-electron chi connectivity index (χ3n) is 4.15. The minimum atomic E-state index is -4.91. The van der Waals surface area contributed by atoms with Gasteiger partial charge in [0.05, 0.1) is 6.21 Å². The van der Waals surface area contributed by atoms with Crippen molar-refractivity contribution in [3.63, 3.8) is 0 Å². The largest absolute Gasteiger partial charge is 0.573 e. The third kappa shape index (κ3) is 8.73. The van der Waals surface area contributed by atoms with E-state index in [1.165, 1.54) is 19.2 Å². The fraction of sp³-hybridized carbons (Fsp3) is 0.190. The predicted molar refractivity (Wildman–Crippen MR) is 113 cm³/mol. The van der Waals surface area contributed by atoms with E-state index in [0.717, 1.165) is 47.6 Å². The maximum Gasteiger partial charge on any atom is 0.573 e. The van der Waals surface area contributed by atoms with Gasteiger partial charge in [0.2, 0.25) is 5.95 Å². The van der Waals surface area contributed by atoms with E-state index in [0.29, 0.717) is 6.07 Å². The first-order valence-corrected chi connectivity index (χ1v) is 9.80. The number of hydrogen-bond donors (Lipinski definition) is 1. The Bertz CT molecular complexity index is 1230. The fourth-order valence-electron chi connectivity index (χ4n) is 2.64. The van der Waals surface area contributed by atoms with Crippen molar-refractivity contribution < 1.29 is 49.0 Å². The van der Waals surface area contributed by atoms with Crippen molar-refractivity contribution in [2.45, 2.75) is 18.9 Å². The van der Waals surface area contributed by atoms with Crippen molar-refractivity contribution in [3.8, 4) is 11.5 Å². The van der Waals surface area contributed by atoms with Crippen LogP contribution in [0.4, 0.5) is 57.0 Å². The number of hydrazone groups is 1. The number of nitrogens with one attached hydrogen (secondary N) is 1. The van der Waals surface area contributed by atoms with Gasteiger partial charge >= 0.3 is 18.9 Å². The van der Waals surface area contributed by atoms with Gasteiger partial charge in [0.25, 0.3) is 0 Å². The molecule has 0 aliphatic heterocycles. The molecular formula is C21H14F9N5O2. The lowest BCUT2D eigenvalue weighted by atomic mass is 10.2. The summed E-state index contributed by atoms with van der Waals surface area (Å²) < 4.78 is 121. The van der Waals surface area contributed by atoms with E-state index < -0.39 is 42.0 Å². The molecule has 0 spiro atoms. The summed E-state index contributed by atoms with van der Waals surface area (Å²) in [6.07, 6.45) is -13.5. The Morgan fingerprint density at radius 2 is 1.30 bits per heavy atom. The smallest absolute Gasteiger partial charge is 0.406 e. The van der Waals surface area contributed by atoms with Crippen molar-refractivity contribution in [2.24, 2.45) is 5.10 Å². The fourth-order valence-corrected chi connectivity index (χ4v) is 2.64. The summed E-state index contributed by atoms with van der Waals surface area (Å²) in [4.78, 5) is 7.34. The van der Waals surface area contributed by atoms with Crippen LogP contribution in [-0.4, -0.2) is 36.0 Å². The number of alkyl halides is 9. The number of halogens is 9. The van der Waals surface area contributed by atoms with Gasteiger partial charge in [-0.3, -0.25) is 0 Å². The summed E-state index contributed by atoms with van der Waals surface area (Å²) in [6.45, 7) is 0. The van der Waals surface area contributed by atoms with E-state index in [1.807, 2.05) is 0 Å². The highest BCUT2D eigenvalue weighted by Gasteiger charge is 2.34. The number of anilines is 3. The van der Waals surface area contributed by atoms with Crippen LogP contribution in [0.3, 0.4) is 0 Å². The lowest BCUT2D eigenvalue weighted by Crippen LogP contribution is -2.18. The topological polar surface area (TPSA) is 71.9 Å². The van der Waals surface area contributed by atoms with Gasteiger partial charge in [-0.25, -0.2) is 9.99 Å². The molecule has 0 atom stereocenters. The molecule has 37 heavy (non-hydrogen) atoms. The lowest BCUT2D eigenvalue weighted by Gasteiger charge is -2.16. The monoisotopic (exact) mass is 539 g/mol. The number of rotatable bonds is 7. The first-order valence-electron chi connectivity index (χ1n) is 9.80. The predicted octanol–water partition coefficient (Wildman–Crippen LogP) is 6.51. The molecule has 1 N–H and O–H groups in total. The van der Waals surface area contributed by atoms with Crippen LogP contribution in [0.15, 0.2) is 59.7 Å². The summed E-state index contributed by atoms with van der Waals surface area (Å²) in [5, 5.41) is 7.29. The second kappa shape index (κ2) is 10.4. The molecule has 0 saturated heterocycles. The van der Waals surface area contributed by atoms with Gasteiger partial charge in [-0.1, -0.05) is 0 Å². The van der Waals surface area contributed by atoms with Gasteiger partial charge in [0, 0.05) is 18.8 Å². The number of aromatic nitrogens is 2. The van der Waals surface area contributed by atoms with Gasteiger partial charge in [-0.05, 0) is 54.1 Å². The first-order chi connectivity index (χ1) is 17.1. The zero-order valence-corrected chi connectivity index (χ0v) is 18.3. The van der Waals surface area contributed by atoms with Gasteiger partial charge in [-0.15, -0.1) is 26.3 Å². The van der Waals surface area contributed by atoms with Crippen molar-refractivity contribution in [2.75, 3.05) is 17.4 Å². The highest BCUT2D eigenvalue weighted by molar-refractivity contribution is 5.80. The summed E-state index contributed by atoms with van der Waals surface area (Å²) in [5.41, 5.74) is -0.958. The molecule has 0 radical (unpaired) electrons. The second-order valence-corrected chi connectivity index (χ2v) is 7.02. The molecule has 0 unspecified atom stereocenters. The van der Waals surface area contributed by atoms with Crippen LogP contribution >= 0.6 is 0 Å². The Hall–Kier alpha value is -4.24. The van der Waals surface area contributed by atoms with Crippen LogP contribution in [0.2, 0.25) is 0 Å². The van der Waals surface area contributed by atoms with Crippen LogP contribution in [-0.2, 0) is 6.18 Å². The highest BCUT2D eigenvalue weighted by Crippen LogP contribution is 2.32. The summed E-state index contributed by atoms with van der Waals surface area (Å²) in [5.74, 6) is -1.88. The summed E-state index contributed by atoms with van der Waals surface area (Å²) in [6, 6.07) is 9.23. The average Bonchev–Trinajstić information content (AvgIpc) is 2.77. The van der Waals surface area contributed by atoms with E-state index in [2.05, 4.69) is 29.9 Å². The molecule has 0 aliphatic carbocycles. The first kappa shape index (κ1) is 27.3. The van der Waals surface area contributed by atoms with E-state index in [4.69, 9.17) is 0 Å². The Balaban J connectivity index is 1.80. The molecule has 0 fully saturated rings. The molecular weight excluding hydrogens is 525 g/mol. The zero-order valence-electron chi connectivity index (χ0n) is 18.3. The maximum absolute atomic E-state index is 13.4. The Morgan fingerprint density at radius 1 is 0.784 bits per heavy atom. The van der Waals surface area contributed by atoms with Crippen LogP contribution in [0.25, 0.3) is 0 Å². The average molecular weight is 539 g/mol. The maximum atomic E-state index is 13.4. The van der Waals surface area contributed by atoms with Crippen LogP contribution in [0.5, 0.6) is 11.5 Å². The Kier molecular flexibility index (Phi) is 7.69. The van der Waals surface area contributed by atoms with E-state index in [1.54, 1.807) is 0 Å². The number of nitrogens with zero attached hydrogens (tertiary/aromatic N) is 4. The summed E-state index contributed by atoms with van der Waals surface area (Å²) >= 11 is 0. The standard InChI is InChI=1S/C21H14F9N5O2/c1-35(31-11-12-2-6-14(7-3-12)36-20(25,26)27)18-33-16(19(22,23)24)10-17(34-18)32-13-4-8-15(9-5-13)37-21(28,29)30/h2-11H,1H3,(H,32,33,34). The Morgan fingerprint density at radius 3 is 1.78 bits per heavy atom. The third-order valence-corrected chi connectivity index (χ3v) is 4.15. The number of benzene rings is 2. The van der Waals surface area contributed by atoms with Crippen molar-refractivity contribution >= 4 is 23.7 Å². The molecule has 1 heterocycles. The molecule has 0 saturated carbocycles. The molecule has 0 amide bonds. The molecule has 3 rings (SSSR count). The molecule has 198 valence electrons. The minimum absolute atomic E-state index is 0.0969. The van der Waals surface area contributed by atoms with Crippen molar-refractivity contribution in [1.29, 1.82) is 0 Å². The molecule has 3 aromatic rings. The van der Waals surface area contributed by atoms with E-state index in [-0.39, 0.29) is 17.1 Å². The van der Waals surface area contributed by atoms with Gasteiger partial charge < -0.3 is 14.8 Å². The second-order valence-electron chi connectivity index (χ2n) is 7.02. The van der Waals surface area contributed by atoms with Gasteiger partial charge in [0.1, 0.15) is 17.3 Å². The quantitative estimate of drug-likeness (QED) is 0.210. The lowest BCUT2D eigenvalue weighted by molar-refractivity contribution is -0.275. The number of hydrogen-bond acceptors (Lipinski definition) is 7. The molecule has 2 aromatic carbocycles. The van der Waals surface area contributed by atoms with Crippen molar-refractivity contribution in [1.82, 2.24) is 9.97 Å². The Labute approximate surface area is 202 Å². The highest BCUT2D eigenvalue weighted by atomic mass is 19.4. The van der Waals surface area contributed by atoms with Crippen LogP contribution in [0, 0.1) is 0 Å². The molecule has 0 aliphatic rings. The van der Waals surface area contributed by atoms with Crippen LogP contribution < -0.4 is 19.8 Å². The van der Waals surface area contributed by atoms with Gasteiger partial charge in [-0.2, -0.15) is 23.3 Å². The van der Waals surface area contributed by atoms with E-state index in [9.17, 15) is 39.5 Å². The molecule has 7 nitrogen and oxygen atoms in total. The molecule has 0 bridgehead atoms.